The number of nitrogens with two attached hydrogens (primary N) is 1. The van der Waals surface area contributed by atoms with Crippen molar-refractivity contribution in [2.75, 3.05) is 18.6 Å². The summed E-state index contributed by atoms with van der Waals surface area (Å²) in [5.41, 5.74) is 5.93. The fourth-order valence-electron chi connectivity index (χ4n) is 2.32. The molecule has 1 aliphatic rings. The van der Waals surface area contributed by atoms with Gasteiger partial charge in [-0.05, 0) is 44.1 Å². The van der Waals surface area contributed by atoms with Gasteiger partial charge in [0.15, 0.2) is 0 Å². The normalized spacial score (nSPS) is 27.9. The molecule has 94 valence electrons. The Morgan fingerprint density at radius 3 is 2.81 bits per heavy atom. The van der Waals surface area contributed by atoms with Crippen LogP contribution in [0.25, 0.3) is 0 Å². The first-order valence-corrected chi connectivity index (χ1v) is 7.50. The summed E-state index contributed by atoms with van der Waals surface area (Å²) in [5.74, 6) is 1.85. The molecule has 1 rings (SSSR count). The Labute approximate surface area is 103 Å². The Balaban J connectivity index is 2.46. The van der Waals surface area contributed by atoms with Gasteiger partial charge in [0.05, 0.1) is 6.04 Å². The fourth-order valence-corrected chi connectivity index (χ4v) is 2.81. The molecule has 1 heterocycles. The Bertz CT molecular complexity index is 235. The van der Waals surface area contributed by atoms with Crippen molar-refractivity contribution in [2.24, 2.45) is 11.7 Å². The van der Waals surface area contributed by atoms with Crippen LogP contribution in [0.5, 0.6) is 0 Å². The lowest BCUT2D eigenvalue weighted by molar-refractivity contribution is -0.136. The van der Waals surface area contributed by atoms with Gasteiger partial charge in [-0.3, -0.25) is 4.79 Å². The van der Waals surface area contributed by atoms with Crippen LogP contribution in [0.15, 0.2) is 0 Å². The van der Waals surface area contributed by atoms with E-state index in [1.165, 1.54) is 0 Å². The number of hydrogen-bond donors (Lipinski definition) is 1. The summed E-state index contributed by atoms with van der Waals surface area (Å²) in [7, 11) is 0. The first kappa shape index (κ1) is 13.8. The number of carbonyl (C=O) groups excluding carboxylic acids is 1. The van der Waals surface area contributed by atoms with Crippen molar-refractivity contribution in [3.63, 3.8) is 0 Å². The van der Waals surface area contributed by atoms with Gasteiger partial charge in [0.1, 0.15) is 0 Å². The smallest absolute Gasteiger partial charge is 0.239 e. The maximum atomic E-state index is 12.1. The van der Waals surface area contributed by atoms with Gasteiger partial charge in [0.2, 0.25) is 5.91 Å². The minimum absolute atomic E-state index is 0.147. The van der Waals surface area contributed by atoms with Crippen LogP contribution in [0.3, 0.4) is 0 Å². The van der Waals surface area contributed by atoms with E-state index < -0.39 is 0 Å². The predicted octanol–water partition coefficient (Wildman–Crippen LogP) is 1.71. The van der Waals surface area contributed by atoms with E-state index in [9.17, 15) is 4.79 Å². The molecule has 3 nitrogen and oxygen atoms in total. The second kappa shape index (κ2) is 6.50. The molecule has 1 aliphatic heterocycles. The highest BCUT2D eigenvalue weighted by Gasteiger charge is 2.29. The molecule has 0 aromatic heterocycles. The van der Waals surface area contributed by atoms with E-state index in [0.29, 0.717) is 6.04 Å². The third-order valence-electron chi connectivity index (χ3n) is 3.37. The summed E-state index contributed by atoms with van der Waals surface area (Å²) in [4.78, 5) is 14.1. The average molecular weight is 244 g/mol. The number of rotatable bonds is 4. The molecule has 1 saturated heterocycles. The quantitative estimate of drug-likeness (QED) is 0.819. The molecule has 0 bridgehead atoms. The van der Waals surface area contributed by atoms with Gasteiger partial charge in [0, 0.05) is 12.6 Å². The Hall–Kier alpha value is -0.220. The number of piperidine rings is 1. The topological polar surface area (TPSA) is 46.3 Å². The number of nitrogens with zero attached hydrogens (tertiary/aromatic N) is 1. The molecular weight excluding hydrogens is 220 g/mol. The zero-order chi connectivity index (χ0) is 12.1. The molecule has 0 saturated carbocycles. The van der Waals surface area contributed by atoms with E-state index in [1.54, 1.807) is 11.8 Å². The molecule has 3 atom stereocenters. The summed E-state index contributed by atoms with van der Waals surface area (Å²) in [6.45, 7) is 5.27. The average Bonchev–Trinajstić information content (AvgIpc) is 2.25. The minimum atomic E-state index is -0.302. The molecule has 2 N–H and O–H groups in total. The van der Waals surface area contributed by atoms with Crippen LogP contribution in [-0.2, 0) is 4.79 Å². The SMILES string of the molecule is CSCC[C@H](N)C(=O)N1CCC(C)CC1C. The van der Waals surface area contributed by atoms with Crippen LogP contribution in [0.2, 0.25) is 0 Å². The van der Waals surface area contributed by atoms with E-state index in [1.807, 2.05) is 11.2 Å². The third-order valence-corrected chi connectivity index (χ3v) is 4.02. The zero-order valence-corrected chi connectivity index (χ0v) is 11.4. The van der Waals surface area contributed by atoms with Crippen LogP contribution in [0, 0.1) is 5.92 Å². The summed E-state index contributed by atoms with van der Waals surface area (Å²) in [6, 6.07) is 0.0554. The number of amides is 1. The first-order valence-electron chi connectivity index (χ1n) is 6.11. The number of carbonyl (C=O) groups is 1. The second-order valence-corrected chi connectivity index (χ2v) is 5.88. The number of likely N-dealkylation sites (tertiary alicyclic amines) is 1. The molecule has 0 aromatic carbocycles. The summed E-state index contributed by atoms with van der Waals surface area (Å²) >= 11 is 1.74. The third kappa shape index (κ3) is 3.67. The molecular formula is C12H24N2OS. The highest BCUT2D eigenvalue weighted by Crippen LogP contribution is 2.22. The lowest BCUT2D eigenvalue weighted by atomic mass is 9.93. The first-order chi connectivity index (χ1) is 7.56. The van der Waals surface area contributed by atoms with Gasteiger partial charge in [-0.1, -0.05) is 6.92 Å². The van der Waals surface area contributed by atoms with Crippen molar-refractivity contribution < 1.29 is 4.79 Å². The Kier molecular flexibility index (Phi) is 5.62. The summed E-state index contributed by atoms with van der Waals surface area (Å²) in [5, 5.41) is 0. The van der Waals surface area contributed by atoms with Crippen molar-refractivity contribution >= 4 is 17.7 Å². The highest BCUT2D eigenvalue weighted by atomic mass is 32.2. The number of thioether (sulfide) groups is 1. The fraction of sp³-hybridized carbons (Fsp3) is 0.917. The Morgan fingerprint density at radius 1 is 1.56 bits per heavy atom. The Morgan fingerprint density at radius 2 is 2.25 bits per heavy atom. The monoisotopic (exact) mass is 244 g/mol. The van der Waals surface area contributed by atoms with Gasteiger partial charge >= 0.3 is 0 Å². The van der Waals surface area contributed by atoms with Crippen LogP contribution in [0.1, 0.15) is 33.1 Å². The van der Waals surface area contributed by atoms with Gasteiger partial charge < -0.3 is 10.6 Å². The molecule has 1 amide bonds. The molecule has 4 heteroatoms. The van der Waals surface area contributed by atoms with E-state index in [-0.39, 0.29) is 11.9 Å². The lowest BCUT2D eigenvalue weighted by Gasteiger charge is -2.37. The molecule has 1 fully saturated rings. The standard InChI is InChI=1S/C12H24N2OS/c1-9-4-6-14(10(2)8-9)12(15)11(13)5-7-16-3/h9-11H,4-8,13H2,1-3H3/t9?,10?,11-/m0/s1. The second-order valence-electron chi connectivity index (χ2n) is 4.90. The van der Waals surface area contributed by atoms with Crippen LogP contribution in [-0.4, -0.2) is 41.4 Å². The van der Waals surface area contributed by atoms with Crippen molar-refractivity contribution in [1.29, 1.82) is 0 Å². The van der Waals surface area contributed by atoms with Gasteiger partial charge in [0.25, 0.3) is 0 Å². The van der Waals surface area contributed by atoms with Crippen LogP contribution >= 0.6 is 11.8 Å². The van der Waals surface area contributed by atoms with Crippen molar-refractivity contribution in [1.82, 2.24) is 4.90 Å². The maximum absolute atomic E-state index is 12.1. The van der Waals surface area contributed by atoms with E-state index >= 15 is 0 Å². The molecule has 0 radical (unpaired) electrons. The van der Waals surface area contributed by atoms with E-state index in [0.717, 1.165) is 37.5 Å². The molecule has 16 heavy (non-hydrogen) atoms. The lowest BCUT2D eigenvalue weighted by Crippen LogP contribution is -2.51. The maximum Gasteiger partial charge on any atom is 0.239 e. The van der Waals surface area contributed by atoms with Crippen molar-refractivity contribution in [3.05, 3.63) is 0 Å². The summed E-state index contributed by atoms with van der Waals surface area (Å²) < 4.78 is 0. The molecule has 0 aromatic rings. The summed E-state index contributed by atoms with van der Waals surface area (Å²) in [6.07, 6.45) is 5.06. The molecule has 2 unspecified atom stereocenters. The predicted molar refractivity (Wildman–Crippen MR) is 70.5 cm³/mol. The van der Waals surface area contributed by atoms with E-state index in [2.05, 4.69) is 13.8 Å². The van der Waals surface area contributed by atoms with E-state index in [4.69, 9.17) is 5.73 Å². The largest absolute Gasteiger partial charge is 0.339 e. The van der Waals surface area contributed by atoms with Gasteiger partial charge in [-0.25, -0.2) is 0 Å². The van der Waals surface area contributed by atoms with Crippen LogP contribution in [0.4, 0.5) is 0 Å². The van der Waals surface area contributed by atoms with Crippen molar-refractivity contribution in [2.45, 2.75) is 45.2 Å². The molecule has 0 aliphatic carbocycles. The highest BCUT2D eigenvalue weighted by molar-refractivity contribution is 7.98. The van der Waals surface area contributed by atoms with Gasteiger partial charge in [-0.2, -0.15) is 11.8 Å². The zero-order valence-electron chi connectivity index (χ0n) is 10.6. The minimum Gasteiger partial charge on any atom is -0.339 e. The number of hydrogen-bond acceptors (Lipinski definition) is 3. The van der Waals surface area contributed by atoms with Gasteiger partial charge in [-0.15, -0.1) is 0 Å². The molecule has 0 spiro atoms. The van der Waals surface area contributed by atoms with Crippen LogP contribution < -0.4 is 5.73 Å². The van der Waals surface area contributed by atoms with Crippen molar-refractivity contribution in [3.8, 4) is 0 Å².